The first-order chi connectivity index (χ1) is 11.9. The van der Waals surface area contributed by atoms with Gasteiger partial charge in [0.25, 0.3) is 5.91 Å². The van der Waals surface area contributed by atoms with Gasteiger partial charge in [-0.2, -0.15) is 13.2 Å². The van der Waals surface area contributed by atoms with Gasteiger partial charge in [0.1, 0.15) is 25.3 Å². The zero-order valence-corrected chi connectivity index (χ0v) is 13.5. The number of halogens is 3. The zero-order valence-electron chi connectivity index (χ0n) is 13.5. The van der Waals surface area contributed by atoms with E-state index in [1.807, 2.05) is 4.90 Å². The molecule has 1 saturated heterocycles. The lowest BCUT2D eigenvalue weighted by Crippen LogP contribution is -2.37. The number of amides is 1. The Balaban J connectivity index is 1.63. The quantitative estimate of drug-likeness (QED) is 0.811. The van der Waals surface area contributed by atoms with E-state index in [0.29, 0.717) is 51.6 Å². The molecule has 0 bridgehead atoms. The van der Waals surface area contributed by atoms with E-state index in [2.05, 4.69) is 4.98 Å². The van der Waals surface area contributed by atoms with Crippen LogP contribution in [0.15, 0.2) is 30.4 Å². The fourth-order valence-corrected chi connectivity index (χ4v) is 2.73. The summed E-state index contributed by atoms with van der Waals surface area (Å²) in [7, 11) is 0. The van der Waals surface area contributed by atoms with Crippen molar-refractivity contribution in [1.29, 1.82) is 0 Å². The summed E-state index contributed by atoms with van der Waals surface area (Å²) in [6, 6.07) is 2.38. The summed E-state index contributed by atoms with van der Waals surface area (Å²) in [6.07, 6.45) is -1.56. The molecule has 1 fully saturated rings. The van der Waals surface area contributed by atoms with Gasteiger partial charge in [-0.15, -0.1) is 0 Å². The summed E-state index contributed by atoms with van der Waals surface area (Å²) in [6.45, 7) is 2.83. The third-order valence-electron chi connectivity index (χ3n) is 4.04. The zero-order chi connectivity index (χ0) is 17.9. The number of ether oxygens (including phenoxy) is 2. The minimum Gasteiger partial charge on any atom is -0.494 e. The molecule has 1 amide bonds. The summed E-state index contributed by atoms with van der Waals surface area (Å²) < 4.78 is 48.3. The Bertz CT molecular complexity index is 646. The number of pyridine rings is 1. The van der Waals surface area contributed by atoms with Crippen molar-refractivity contribution in [2.45, 2.75) is 12.6 Å². The van der Waals surface area contributed by atoms with E-state index in [0.717, 1.165) is 12.3 Å². The number of nitrogens with zero attached hydrogens (tertiary/aromatic N) is 3. The molecule has 0 spiro atoms. The summed E-state index contributed by atoms with van der Waals surface area (Å²) in [5, 5.41) is 0. The normalized spacial score (nSPS) is 18.8. The highest BCUT2D eigenvalue weighted by molar-refractivity contribution is 5.91. The maximum absolute atomic E-state index is 12.6. The standard InChI is InChI=1S/C16H18F3N3O3/c17-16(18,19)12-2-3-14(20-10-12)21-4-1-5-22(7-6-21)15(23)13-11-24-8-9-25-13/h2-3,10-11H,1,4-9H2. The number of rotatable bonds is 2. The molecule has 2 aliphatic heterocycles. The molecule has 0 saturated carbocycles. The Morgan fingerprint density at radius 1 is 1.12 bits per heavy atom. The Hall–Kier alpha value is -2.45. The van der Waals surface area contributed by atoms with E-state index < -0.39 is 11.7 Å². The van der Waals surface area contributed by atoms with Crippen LogP contribution in [-0.4, -0.2) is 55.2 Å². The van der Waals surface area contributed by atoms with E-state index in [1.54, 1.807) is 4.90 Å². The van der Waals surface area contributed by atoms with Crippen molar-refractivity contribution in [3.8, 4) is 0 Å². The van der Waals surface area contributed by atoms with Crippen molar-refractivity contribution in [2.24, 2.45) is 0 Å². The first kappa shape index (κ1) is 17.4. The van der Waals surface area contributed by atoms with E-state index in [9.17, 15) is 18.0 Å². The molecule has 25 heavy (non-hydrogen) atoms. The lowest BCUT2D eigenvalue weighted by molar-refractivity contribution is -0.137. The van der Waals surface area contributed by atoms with Crippen LogP contribution in [0.5, 0.6) is 0 Å². The van der Waals surface area contributed by atoms with Crippen LogP contribution < -0.4 is 4.90 Å². The van der Waals surface area contributed by atoms with Gasteiger partial charge in [0.15, 0.2) is 0 Å². The number of hydrogen-bond donors (Lipinski definition) is 0. The highest BCUT2D eigenvalue weighted by Crippen LogP contribution is 2.29. The topological polar surface area (TPSA) is 54.9 Å². The van der Waals surface area contributed by atoms with Crippen LogP contribution in [0, 0.1) is 0 Å². The molecule has 9 heteroatoms. The SMILES string of the molecule is O=C(C1=COCCO1)N1CCCN(c2ccc(C(F)(F)F)cn2)CC1. The Labute approximate surface area is 142 Å². The Morgan fingerprint density at radius 2 is 1.96 bits per heavy atom. The maximum Gasteiger partial charge on any atom is 0.417 e. The van der Waals surface area contributed by atoms with E-state index in [1.165, 1.54) is 12.3 Å². The van der Waals surface area contributed by atoms with Gasteiger partial charge in [0.2, 0.25) is 5.76 Å². The molecule has 1 aromatic rings. The molecule has 0 unspecified atom stereocenters. The minimum absolute atomic E-state index is 0.187. The highest BCUT2D eigenvalue weighted by Gasteiger charge is 2.31. The molecule has 3 heterocycles. The largest absolute Gasteiger partial charge is 0.494 e. The van der Waals surface area contributed by atoms with Crippen LogP contribution in [0.25, 0.3) is 0 Å². The molecule has 136 valence electrons. The average molecular weight is 357 g/mol. The molecule has 0 radical (unpaired) electrons. The highest BCUT2D eigenvalue weighted by atomic mass is 19.4. The van der Waals surface area contributed by atoms with Gasteiger partial charge >= 0.3 is 6.18 Å². The molecule has 1 aromatic heterocycles. The Morgan fingerprint density at radius 3 is 2.60 bits per heavy atom. The number of carbonyl (C=O) groups is 1. The van der Waals surface area contributed by atoms with Crippen LogP contribution in [0.1, 0.15) is 12.0 Å². The van der Waals surface area contributed by atoms with Gasteiger partial charge in [0, 0.05) is 32.4 Å². The van der Waals surface area contributed by atoms with Gasteiger partial charge in [-0.25, -0.2) is 4.98 Å². The number of carbonyl (C=O) groups excluding carboxylic acids is 1. The molecule has 0 N–H and O–H groups in total. The van der Waals surface area contributed by atoms with Gasteiger partial charge < -0.3 is 19.3 Å². The van der Waals surface area contributed by atoms with Crippen molar-refractivity contribution >= 4 is 11.7 Å². The summed E-state index contributed by atoms with van der Waals surface area (Å²) in [4.78, 5) is 19.8. The van der Waals surface area contributed by atoms with Crippen LogP contribution >= 0.6 is 0 Å². The average Bonchev–Trinajstić information content (AvgIpc) is 2.87. The predicted molar refractivity (Wildman–Crippen MR) is 82.6 cm³/mol. The Kier molecular flexibility index (Phi) is 5.00. The van der Waals surface area contributed by atoms with Crippen LogP contribution in [0.2, 0.25) is 0 Å². The second-order valence-corrected chi connectivity index (χ2v) is 5.74. The monoisotopic (exact) mass is 357 g/mol. The molecular weight excluding hydrogens is 339 g/mol. The first-order valence-corrected chi connectivity index (χ1v) is 7.97. The maximum atomic E-state index is 12.6. The third kappa shape index (κ3) is 4.15. The molecule has 0 aliphatic carbocycles. The summed E-state index contributed by atoms with van der Waals surface area (Å²) in [5.41, 5.74) is -0.774. The number of aromatic nitrogens is 1. The molecule has 3 rings (SSSR count). The van der Waals surface area contributed by atoms with Crippen LogP contribution in [-0.2, 0) is 20.4 Å². The summed E-state index contributed by atoms with van der Waals surface area (Å²) in [5.74, 6) is 0.424. The van der Waals surface area contributed by atoms with Gasteiger partial charge in [-0.1, -0.05) is 0 Å². The lowest BCUT2D eigenvalue weighted by Gasteiger charge is -2.24. The number of anilines is 1. The molecule has 0 aromatic carbocycles. The van der Waals surface area contributed by atoms with Gasteiger partial charge in [-0.3, -0.25) is 4.79 Å². The van der Waals surface area contributed by atoms with E-state index in [-0.39, 0.29) is 11.7 Å². The molecule has 6 nitrogen and oxygen atoms in total. The fourth-order valence-electron chi connectivity index (χ4n) is 2.73. The van der Waals surface area contributed by atoms with Gasteiger partial charge in [-0.05, 0) is 18.6 Å². The van der Waals surface area contributed by atoms with Crippen molar-refractivity contribution < 1.29 is 27.4 Å². The van der Waals surface area contributed by atoms with Crippen molar-refractivity contribution in [1.82, 2.24) is 9.88 Å². The predicted octanol–water partition coefficient (Wildman–Crippen LogP) is 2.03. The van der Waals surface area contributed by atoms with Crippen molar-refractivity contribution in [2.75, 3.05) is 44.3 Å². The van der Waals surface area contributed by atoms with Gasteiger partial charge in [0.05, 0.1) is 5.56 Å². The molecule has 2 aliphatic rings. The summed E-state index contributed by atoms with van der Waals surface area (Å²) >= 11 is 0. The third-order valence-corrected chi connectivity index (χ3v) is 4.04. The van der Waals surface area contributed by atoms with E-state index in [4.69, 9.17) is 9.47 Å². The number of hydrogen-bond acceptors (Lipinski definition) is 5. The van der Waals surface area contributed by atoms with Crippen LogP contribution in [0.3, 0.4) is 0 Å². The smallest absolute Gasteiger partial charge is 0.417 e. The fraction of sp³-hybridized carbons (Fsp3) is 0.500. The minimum atomic E-state index is -4.40. The molecule has 0 atom stereocenters. The van der Waals surface area contributed by atoms with Crippen molar-refractivity contribution in [3.63, 3.8) is 0 Å². The van der Waals surface area contributed by atoms with Crippen LogP contribution in [0.4, 0.5) is 19.0 Å². The first-order valence-electron chi connectivity index (χ1n) is 7.97. The second-order valence-electron chi connectivity index (χ2n) is 5.74. The van der Waals surface area contributed by atoms with Crippen molar-refractivity contribution in [3.05, 3.63) is 35.9 Å². The lowest BCUT2D eigenvalue weighted by atomic mass is 10.2. The number of alkyl halides is 3. The van der Waals surface area contributed by atoms with E-state index >= 15 is 0 Å². The second kappa shape index (κ2) is 7.20. The molecular formula is C16H18F3N3O3.